The third-order valence-electron chi connectivity index (χ3n) is 0.368. The third-order valence-corrected chi connectivity index (χ3v) is 0.961. The monoisotopic (exact) mass is 184 g/mol. The minimum absolute atomic E-state index is 0. The van der Waals surface area contributed by atoms with Gasteiger partial charge in [-0.25, -0.2) is 8.42 Å². The molecular formula is C2F3NaO3S. The van der Waals surface area contributed by atoms with E-state index < -0.39 is 21.4 Å². The van der Waals surface area contributed by atoms with Crippen molar-refractivity contribution in [1.29, 1.82) is 0 Å². The first-order chi connectivity index (χ1) is 3.85. The fourth-order valence-electron chi connectivity index (χ4n) is 0.0945. The van der Waals surface area contributed by atoms with Crippen LogP contribution in [0.1, 0.15) is 0 Å². The molecule has 0 aromatic heterocycles. The van der Waals surface area contributed by atoms with Gasteiger partial charge < -0.3 is 4.55 Å². The van der Waals surface area contributed by atoms with E-state index in [9.17, 15) is 26.1 Å². The molecule has 0 aliphatic carbocycles. The molecule has 0 spiro atoms. The average molecular weight is 184 g/mol. The smallest absolute Gasteiger partial charge is 0.742 e. The molecule has 10 heavy (non-hydrogen) atoms. The topological polar surface area (TPSA) is 57.2 Å². The summed E-state index contributed by atoms with van der Waals surface area (Å²) < 4.78 is 60.9. The molecule has 0 heterocycles. The molecule has 0 saturated carbocycles. The number of hydrogen-bond acceptors (Lipinski definition) is 3. The molecule has 0 bridgehead atoms. The van der Waals surface area contributed by atoms with Gasteiger partial charge in [0.05, 0.1) is 0 Å². The van der Waals surface area contributed by atoms with Gasteiger partial charge in [-0.1, -0.05) is 0 Å². The van der Waals surface area contributed by atoms with E-state index in [-0.39, 0.29) is 29.6 Å². The summed E-state index contributed by atoms with van der Waals surface area (Å²) in [5.41, 5.74) is 0. The van der Waals surface area contributed by atoms with Crippen LogP contribution in [0.4, 0.5) is 13.2 Å². The van der Waals surface area contributed by atoms with Crippen molar-refractivity contribution in [2.24, 2.45) is 0 Å². The van der Waals surface area contributed by atoms with Gasteiger partial charge in [0, 0.05) is 0 Å². The standard InChI is InChI=1S/C2HF3O3S.Na/c3-1(4)2(5)9(6,7)8;/h(H,6,7,8);/q;+1/p-1. The second kappa shape index (κ2) is 4.35. The Morgan fingerprint density at radius 2 is 1.50 bits per heavy atom. The van der Waals surface area contributed by atoms with Crippen LogP contribution in [0.15, 0.2) is 11.2 Å². The van der Waals surface area contributed by atoms with Crippen molar-refractivity contribution in [2.75, 3.05) is 0 Å². The maximum Gasteiger partial charge on any atom is 1.00 e. The Morgan fingerprint density at radius 3 is 1.50 bits per heavy atom. The Bertz CT molecular complexity index is 228. The predicted octanol–water partition coefficient (Wildman–Crippen LogP) is -2.43. The van der Waals surface area contributed by atoms with Gasteiger partial charge in [0.15, 0.2) is 10.1 Å². The largest absolute Gasteiger partial charge is 1.00 e. The zero-order valence-corrected chi connectivity index (χ0v) is 7.58. The van der Waals surface area contributed by atoms with Crippen molar-refractivity contribution in [1.82, 2.24) is 0 Å². The van der Waals surface area contributed by atoms with Gasteiger partial charge in [0.25, 0.3) is 5.16 Å². The first kappa shape index (κ1) is 13.1. The van der Waals surface area contributed by atoms with Gasteiger partial charge in [-0.15, -0.1) is 0 Å². The first-order valence-electron chi connectivity index (χ1n) is 1.52. The summed E-state index contributed by atoms with van der Waals surface area (Å²) in [6, 6.07) is 0. The van der Waals surface area contributed by atoms with E-state index in [2.05, 4.69) is 0 Å². The van der Waals surface area contributed by atoms with Crippen LogP contribution in [0, 0.1) is 0 Å². The summed E-state index contributed by atoms with van der Waals surface area (Å²) in [5, 5.41) is -2.91. The maximum atomic E-state index is 11.3. The number of hydrogen-bond donors (Lipinski definition) is 0. The second-order valence-electron chi connectivity index (χ2n) is 0.988. The second-order valence-corrected chi connectivity index (χ2v) is 2.25. The molecule has 54 valence electrons. The molecule has 0 N–H and O–H groups in total. The van der Waals surface area contributed by atoms with Crippen LogP contribution in [-0.2, 0) is 10.1 Å². The van der Waals surface area contributed by atoms with Crippen molar-refractivity contribution in [2.45, 2.75) is 0 Å². The molecule has 0 fully saturated rings. The van der Waals surface area contributed by atoms with Gasteiger partial charge in [0.1, 0.15) is 0 Å². The van der Waals surface area contributed by atoms with Gasteiger partial charge >= 0.3 is 35.6 Å². The zero-order chi connectivity index (χ0) is 7.65. The van der Waals surface area contributed by atoms with Crippen molar-refractivity contribution < 1.29 is 55.7 Å². The average Bonchev–Trinajstić information content (AvgIpc) is 1.62. The normalized spacial score (nSPS) is 10.0. The molecule has 0 radical (unpaired) electrons. The predicted molar refractivity (Wildman–Crippen MR) is 20.0 cm³/mol. The molecule has 3 nitrogen and oxygen atoms in total. The van der Waals surface area contributed by atoms with Crippen LogP contribution in [0.3, 0.4) is 0 Å². The molecule has 0 amide bonds. The van der Waals surface area contributed by atoms with Gasteiger partial charge in [0.2, 0.25) is 0 Å². The van der Waals surface area contributed by atoms with Crippen LogP contribution < -0.4 is 29.6 Å². The Labute approximate surface area is 77.0 Å². The van der Waals surface area contributed by atoms with Crippen molar-refractivity contribution in [3.05, 3.63) is 11.2 Å². The Kier molecular flexibility index (Phi) is 5.68. The summed E-state index contributed by atoms with van der Waals surface area (Å²) in [5.74, 6) is 0. The van der Waals surface area contributed by atoms with Crippen LogP contribution >= 0.6 is 0 Å². The molecule has 0 saturated heterocycles. The van der Waals surface area contributed by atoms with Crippen LogP contribution in [0.2, 0.25) is 0 Å². The van der Waals surface area contributed by atoms with Crippen LogP contribution in [0.5, 0.6) is 0 Å². The number of rotatable bonds is 1. The summed E-state index contributed by atoms with van der Waals surface area (Å²) in [6.45, 7) is 0. The fourth-order valence-corrected chi connectivity index (χ4v) is 0.283. The quantitative estimate of drug-likeness (QED) is 0.336. The molecule has 0 rings (SSSR count). The first-order valence-corrected chi connectivity index (χ1v) is 2.93. The summed E-state index contributed by atoms with van der Waals surface area (Å²) in [7, 11) is -5.59. The van der Waals surface area contributed by atoms with E-state index in [0.717, 1.165) is 0 Å². The zero-order valence-electron chi connectivity index (χ0n) is 4.77. The fraction of sp³-hybridized carbons (Fsp3) is 0. The molecule has 0 aliphatic rings. The van der Waals surface area contributed by atoms with Gasteiger partial charge in [-0.05, 0) is 0 Å². The Hall–Kier alpha value is 0.440. The van der Waals surface area contributed by atoms with Gasteiger partial charge in [-0.3, -0.25) is 0 Å². The Morgan fingerprint density at radius 1 is 1.20 bits per heavy atom. The molecule has 0 aromatic rings. The van der Waals surface area contributed by atoms with E-state index in [1.165, 1.54) is 0 Å². The van der Waals surface area contributed by atoms with Crippen molar-refractivity contribution in [3.8, 4) is 0 Å². The van der Waals surface area contributed by atoms with Crippen molar-refractivity contribution >= 4 is 10.1 Å². The third kappa shape index (κ3) is 4.29. The summed E-state index contributed by atoms with van der Waals surface area (Å²) in [4.78, 5) is 0. The molecular weight excluding hydrogens is 184 g/mol. The minimum Gasteiger partial charge on any atom is -0.742 e. The Balaban J connectivity index is 0. The molecule has 0 atom stereocenters. The molecule has 0 unspecified atom stereocenters. The minimum atomic E-state index is -5.59. The maximum absolute atomic E-state index is 11.3. The van der Waals surface area contributed by atoms with E-state index in [1.54, 1.807) is 0 Å². The SMILES string of the molecule is O=S(=O)([O-])C(F)=C(F)F.[Na+]. The van der Waals surface area contributed by atoms with Crippen molar-refractivity contribution in [3.63, 3.8) is 0 Å². The van der Waals surface area contributed by atoms with Gasteiger partial charge in [-0.2, -0.15) is 13.2 Å². The summed E-state index contributed by atoms with van der Waals surface area (Å²) >= 11 is 0. The van der Waals surface area contributed by atoms with E-state index in [1.807, 2.05) is 0 Å². The molecule has 0 aliphatic heterocycles. The number of halogens is 3. The molecule has 8 heteroatoms. The molecule has 0 aromatic carbocycles. The summed E-state index contributed by atoms with van der Waals surface area (Å²) in [6.07, 6.45) is -3.12. The van der Waals surface area contributed by atoms with E-state index in [4.69, 9.17) is 0 Å². The van der Waals surface area contributed by atoms with E-state index in [0.29, 0.717) is 0 Å². The van der Waals surface area contributed by atoms with Crippen LogP contribution in [-0.4, -0.2) is 13.0 Å². The van der Waals surface area contributed by atoms with Crippen LogP contribution in [0.25, 0.3) is 0 Å². The van der Waals surface area contributed by atoms with E-state index >= 15 is 0 Å².